The largest absolute Gasteiger partial charge is 0.399 e. The van der Waals surface area contributed by atoms with E-state index in [9.17, 15) is 9.59 Å². The summed E-state index contributed by atoms with van der Waals surface area (Å²) in [5.74, 6) is 0.230. The maximum absolute atomic E-state index is 12.9. The van der Waals surface area contributed by atoms with Gasteiger partial charge in [-0.2, -0.15) is 0 Å². The molecule has 2 aromatic carbocycles. The molecule has 2 amide bonds. The first-order valence-electron chi connectivity index (χ1n) is 10.1. The SMILES string of the molecule is CCCN(C(=O)Cc1ccc(N)cc1)C1CCN(C(=O)c2ccccc2)CC1. The Labute approximate surface area is 167 Å². The van der Waals surface area contributed by atoms with Crippen molar-refractivity contribution in [2.45, 2.75) is 38.6 Å². The van der Waals surface area contributed by atoms with Crippen LogP contribution in [0.25, 0.3) is 0 Å². The van der Waals surface area contributed by atoms with Crippen LogP contribution in [0.5, 0.6) is 0 Å². The summed E-state index contributed by atoms with van der Waals surface area (Å²) in [6, 6.07) is 17.1. The van der Waals surface area contributed by atoms with Gasteiger partial charge in [-0.1, -0.05) is 37.3 Å². The molecule has 1 heterocycles. The molecule has 0 radical (unpaired) electrons. The summed E-state index contributed by atoms with van der Waals surface area (Å²) in [7, 11) is 0. The number of nitrogens with two attached hydrogens (primary N) is 1. The first-order chi connectivity index (χ1) is 13.6. The molecule has 1 aliphatic rings. The van der Waals surface area contributed by atoms with E-state index in [-0.39, 0.29) is 17.9 Å². The van der Waals surface area contributed by atoms with Gasteiger partial charge in [-0.15, -0.1) is 0 Å². The minimum absolute atomic E-state index is 0.0780. The lowest BCUT2D eigenvalue weighted by Gasteiger charge is -2.38. The Kier molecular flexibility index (Phi) is 6.69. The quantitative estimate of drug-likeness (QED) is 0.783. The summed E-state index contributed by atoms with van der Waals surface area (Å²) in [6.45, 7) is 4.23. The molecule has 1 fully saturated rings. The minimum Gasteiger partial charge on any atom is -0.399 e. The molecule has 2 aromatic rings. The van der Waals surface area contributed by atoms with E-state index in [0.29, 0.717) is 25.2 Å². The van der Waals surface area contributed by atoms with E-state index in [1.165, 1.54) is 0 Å². The molecule has 3 rings (SSSR count). The molecule has 5 heteroatoms. The highest BCUT2D eigenvalue weighted by Crippen LogP contribution is 2.20. The molecule has 1 saturated heterocycles. The first-order valence-corrected chi connectivity index (χ1v) is 10.1. The van der Waals surface area contributed by atoms with Crippen molar-refractivity contribution in [3.63, 3.8) is 0 Å². The molecule has 0 aliphatic carbocycles. The zero-order chi connectivity index (χ0) is 19.9. The summed E-state index contributed by atoms with van der Waals surface area (Å²) in [6.07, 6.45) is 2.97. The Bertz CT molecular complexity index is 781. The number of hydrogen-bond acceptors (Lipinski definition) is 3. The predicted molar refractivity (Wildman–Crippen MR) is 112 cm³/mol. The van der Waals surface area contributed by atoms with Crippen molar-refractivity contribution in [2.75, 3.05) is 25.4 Å². The monoisotopic (exact) mass is 379 g/mol. The minimum atomic E-state index is 0.0780. The van der Waals surface area contributed by atoms with Crippen LogP contribution >= 0.6 is 0 Å². The van der Waals surface area contributed by atoms with Gasteiger partial charge in [0.25, 0.3) is 5.91 Å². The second kappa shape index (κ2) is 9.40. The third-order valence-corrected chi connectivity index (χ3v) is 5.33. The highest BCUT2D eigenvalue weighted by Gasteiger charge is 2.29. The normalized spacial score (nSPS) is 14.7. The fourth-order valence-electron chi connectivity index (χ4n) is 3.81. The number of anilines is 1. The summed E-state index contributed by atoms with van der Waals surface area (Å²) >= 11 is 0. The molecular formula is C23H29N3O2. The van der Waals surface area contributed by atoms with E-state index in [0.717, 1.165) is 36.9 Å². The molecule has 1 aliphatic heterocycles. The zero-order valence-electron chi connectivity index (χ0n) is 16.5. The van der Waals surface area contributed by atoms with Crippen LogP contribution < -0.4 is 5.73 Å². The van der Waals surface area contributed by atoms with Crippen molar-refractivity contribution in [1.82, 2.24) is 9.80 Å². The van der Waals surface area contributed by atoms with Crippen LogP contribution in [0.4, 0.5) is 5.69 Å². The van der Waals surface area contributed by atoms with Gasteiger partial charge in [0, 0.05) is 36.9 Å². The van der Waals surface area contributed by atoms with Crippen LogP contribution in [0.1, 0.15) is 42.1 Å². The molecule has 148 valence electrons. The van der Waals surface area contributed by atoms with Gasteiger partial charge in [0.2, 0.25) is 5.91 Å². The first kappa shape index (κ1) is 19.9. The van der Waals surface area contributed by atoms with Crippen LogP contribution in [0.15, 0.2) is 54.6 Å². The van der Waals surface area contributed by atoms with Crippen molar-refractivity contribution < 1.29 is 9.59 Å². The molecule has 0 unspecified atom stereocenters. The van der Waals surface area contributed by atoms with Crippen LogP contribution in [0.3, 0.4) is 0 Å². The van der Waals surface area contributed by atoms with E-state index in [4.69, 9.17) is 5.73 Å². The number of carbonyl (C=O) groups is 2. The van der Waals surface area contributed by atoms with Gasteiger partial charge in [0.15, 0.2) is 0 Å². The molecule has 0 aromatic heterocycles. The molecule has 2 N–H and O–H groups in total. The third kappa shape index (κ3) is 4.91. The van der Waals surface area contributed by atoms with Crippen LogP contribution in [-0.4, -0.2) is 47.3 Å². The van der Waals surface area contributed by atoms with Gasteiger partial charge >= 0.3 is 0 Å². The summed E-state index contributed by atoms with van der Waals surface area (Å²) in [4.78, 5) is 29.5. The fraction of sp³-hybridized carbons (Fsp3) is 0.391. The Hall–Kier alpha value is -2.82. The molecular weight excluding hydrogens is 350 g/mol. The lowest BCUT2D eigenvalue weighted by molar-refractivity contribution is -0.133. The average molecular weight is 380 g/mol. The number of nitrogen functional groups attached to an aromatic ring is 1. The van der Waals surface area contributed by atoms with Crippen LogP contribution in [0.2, 0.25) is 0 Å². The number of rotatable bonds is 6. The molecule has 0 bridgehead atoms. The third-order valence-electron chi connectivity index (χ3n) is 5.33. The number of likely N-dealkylation sites (tertiary alicyclic amines) is 1. The second-order valence-corrected chi connectivity index (χ2v) is 7.39. The van der Waals surface area contributed by atoms with Crippen molar-refractivity contribution in [2.24, 2.45) is 0 Å². The van der Waals surface area contributed by atoms with Gasteiger partial charge in [-0.3, -0.25) is 9.59 Å². The van der Waals surface area contributed by atoms with E-state index in [1.54, 1.807) is 0 Å². The number of nitrogens with zero attached hydrogens (tertiary/aromatic N) is 2. The maximum atomic E-state index is 12.9. The standard InChI is InChI=1S/C23H29N3O2/c1-2-14-26(22(27)17-18-8-10-20(24)11-9-18)21-12-15-25(16-13-21)23(28)19-6-4-3-5-7-19/h3-11,21H,2,12-17,24H2,1H3. The Morgan fingerprint density at radius 2 is 1.68 bits per heavy atom. The van der Waals surface area contributed by atoms with Gasteiger partial charge < -0.3 is 15.5 Å². The van der Waals surface area contributed by atoms with E-state index in [2.05, 4.69) is 6.92 Å². The number of piperidine rings is 1. The predicted octanol–water partition coefficient (Wildman–Crippen LogP) is 3.35. The summed E-state index contributed by atoms with van der Waals surface area (Å²) in [5.41, 5.74) is 8.15. The van der Waals surface area contributed by atoms with Gasteiger partial charge in [-0.25, -0.2) is 0 Å². The van der Waals surface area contributed by atoms with E-state index < -0.39 is 0 Å². The number of benzene rings is 2. The van der Waals surface area contributed by atoms with Crippen molar-refractivity contribution >= 4 is 17.5 Å². The van der Waals surface area contributed by atoms with Gasteiger partial charge in [0.1, 0.15) is 0 Å². The molecule has 0 spiro atoms. The highest BCUT2D eigenvalue weighted by molar-refractivity contribution is 5.94. The van der Waals surface area contributed by atoms with Crippen LogP contribution in [0, 0.1) is 0 Å². The Morgan fingerprint density at radius 1 is 1.04 bits per heavy atom. The zero-order valence-corrected chi connectivity index (χ0v) is 16.5. The summed E-state index contributed by atoms with van der Waals surface area (Å²) in [5, 5.41) is 0. The number of hydrogen-bond donors (Lipinski definition) is 1. The molecule has 28 heavy (non-hydrogen) atoms. The van der Waals surface area contributed by atoms with Crippen molar-refractivity contribution in [3.8, 4) is 0 Å². The molecule has 0 atom stereocenters. The Balaban J connectivity index is 1.60. The highest BCUT2D eigenvalue weighted by atomic mass is 16.2. The van der Waals surface area contributed by atoms with E-state index in [1.807, 2.05) is 64.4 Å². The van der Waals surface area contributed by atoms with Gasteiger partial charge in [0.05, 0.1) is 6.42 Å². The Morgan fingerprint density at radius 3 is 2.29 bits per heavy atom. The lowest BCUT2D eigenvalue weighted by atomic mass is 10.0. The lowest BCUT2D eigenvalue weighted by Crippen LogP contribution is -2.49. The van der Waals surface area contributed by atoms with E-state index >= 15 is 0 Å². The van der Waals surface area contributed by atoms with Crippen molar-refractivity contribution in [3.05, 3.63) is 65.7 Å². The maximum Gasteiger partial charge on any atom is 0.253 e. The average Bonchev–Trinajstić information content (AvgIpc) is 2.74. The molecule has 5 nitrogen and oxygen atoms in total. The fourth-order valence-corrected chi connectivity index (χ4v) is 3.81. The van der Waals surface area contributed by atoms with Crippen molar-refractivity contribution in [1.29, 1.82) is 0 Å². The smallest absolute Gasteiger partial charge is 0.253 e. The number of carbonyl (C=O) groups excluding carboxylic acids is 2. The topological polar surface area (TPSA) is 66.6 Å². The van der Waals surface area contributed by atoms with Gasteiger partial charge in [-0.05, 0) is 49.1 Å². The summed E-state index contributed by atoms with van der Waals surface area (Å²) < 4.78 is 0. The van der Waals surface area contributed by atoms with Crippen LogP contribution in [-0.2, 0) is 11.2 Å². The number of amides is 2. The second-order valence-electron chi connectivity index (χ2n) is 7.39. The molecule has 0 saturated carbocycles.